The number of hydrogen-bond donors (Lipinski definition) is 1. The Kier molecular flexibility index (Phi) is 6.24. The lowest BCUT2D eigenvalue weighted by atomic mass is 10.2. The smallest absolute Gasteiger partial charge is 0.234 e. The maximum atomic E-state index is 12.5. The molecule has 2 aromatic carbocycles. The summed E-state index contributed by atoms with van der Waals surface area (Å²) < 4.78 is 12.2. The van der Waals surface area contributed by atoms with E-state index in [1.54, 1.807) is 55.4 Å². The van der Waals surface area contributed by atoms with Gasteiger partial charge in [0.1, 0.15) is 22.9 Å². The first-order valence-corrected chi connectivity index (χ1v) is 10.5. The molecular weight excluding hydrogens is 438 g/mol. The van der Waals surface area contributed by atoms with Crippen molar-refractivity contribution >= 4 is 46.0 Å². The molecule has 0 unspecified atom stereocenters. The van der Waals surface area contributed by atoms with Crippen molar-refractivity contribution in [1.29, 1.82) is 0 Å². The molecular formula is C21H18ClN5O3S. The number of anilines is 1. The summed E-state index contributed by atoms with van der Waals surface area (Å²) in [7, 11) is 3.11. The van der Waals surface area contributed by atoms with Crippen LogP contribution in [0.3, 0.4) is 0 Å². The van der Waals surface area contributed by atoms with Crippen molar-refractivity contribution in [3.05, 3.63) is 60.0 Å². The van der Waals surface area contributed by atoms with Gasteiger partial charge in [0.05, 0.1) is 42.9 Å². The summed E-state index contributed by atoms with van der Waals surface area (Å²) in [6.07, 6.45) is 3.14. The van der Waals surface area contributed by atoms with Crippen molar-refractivity contribution < 1.29 is 14.3 Å². The van der Waals surface area contributed by atoms with Crippen molar-refractivity contribution in [2.24, 2.45) is 0 Å². The molecule has 31 heavy (non-hydrogen) atoms. The molecule has 0 bridgehead atoms. The SMILES string of the molecule is COc1ccc(OC)c(NC(=O)CSc2ncnc3c2cnn3-c2cccc(Cl)c2)c1. The number of methoxy groups -OCH3 is 2. The molecule has 10 heteroatoms. The van der Waals surface area contributed by atoms with Gasteiger partial charge < -0.3 is 14.8 Å². The molecule has 2 aromatic heterocycles. The second kappa shape index (κ2) is 9.23. The molecule has 8 nitrogen and oxygen atoms in total. The topological polar surface area (TPSA) is 91.2 Å². The fourth-order valence-electron chi connectivity index (χ4n) is 2.97. The lowest BCUT2D eigenvalue weighted by molar-refractivity contribution is -0.113. The number of fused-ring (bicyclic) bond motifs is 1. The first-order chi connectivity index (χ1) is 15.1. The Morgan fingerprint density at radius 1 is 1.16 bits per heavy atom. The predicted octanol–water partition coefficient (Wildman–Crippen LogP) is 4.22. The average molecular weight is 456 g/mol. The first kappa shape index (κ1) is 21.0. The van der Waals surface area contributed by atoms with E-state index < -0.39 is 0 Å². The number of amides is 1. The number of benzene rings is 2. The maximum absolute atomic E-state index is 12.5. The van der Waals surface area contributed by atoms with E-state index in [0.29, 0.717) is 32.9 Å². The number of ether oxygens (including phenoxy) is 2. The van der Waals surface area contributed by atoms with Crippen molar-refractivity contribution in [1.82, 2.24) is 19.7 Å². The Hall–Kier alpha value is -3.30. The fourth-order valence-corrected chi connectivity index (χ4v) is 3.91. The van der Waals surface area contributed by atoms with Crippen LogP contribution >= 0.6 is 23.4 Å². The fraction of sp³-hybridized carbons (Fsp3) is 0.143. The van der Waals surface area contributed by atoms with Gasteiger partial charge in [-0.3, -0.25) is 4.79 Å². The molecule has 0 radical (unpaired) electrons. The number of carbonyl (C=O) groups excluding carboxylic acids is 1. The summed E-state index contributed by atoms with van der Waals surface area (Å²) >= 11 is 7.39. The van der Waals surface area contributed by atoms with Gasteiger partial charge in [-0.2, -0.15) is 5.10 Å². The van der Waals surface area contributed by atoms with Crippen LogP contribution < -0.4 is 14.8 Å². The molecule has 0 aliphatic carbocycles. The van der Waals surface area contributed by atoms with Crippen molar-refractivity contribution in [3.63, 3.8) is 0 Å². The second-order valence-electron chi connectivity index (χ2n) is 6.36. The summed E-state index contributed by atoms with van der Waals surface area (Å²) in [6.45, 7) is 0. The zero-order chi connectivity index (χ0) is 21.8. The zero-order valence-corrected chi connectivity index (χ0v) is 18.3. The van der Waals surface area contributed by atoms with Crippen LogP contribution in [0.2, 0.25) is 5.02 Å². The van der Waals surface area contributed by atoms with E-state index in [1.807, 2.05) is 12.1 Å². The molecule has 158 valence electrons. The summed E-state index contributed by atoms with van der Waals surface area (Å²) in [5.74, 6) is 1.11. The third-order valence-corrected chi connectivity index (χ3v) is 5.64. The van der Waals surface area contributed by atoms with Crippen molar-refractivity contribution in [2.75, 3.05) is 25.3 Å². The number of carbonyl (C=O) groups is 1. The van der Waals surface area contributed by atoms with E-state index >= 15 is 0 Å². The van der Waals surface area contributed by atoms with Crippen LogP contribution in [0.15, 0.2) is 60.0 Å². The van der Waals surface area contributed by atoms with Gasteiger partial charge in [-0.1, -0.05) is 29.4 Å². The lowest BCUT2D eigenvalue weighted by Gasteiger charge is -2.11. The zero-order valence-electron chi connectivity index (χ0n) is 16.7. The van der Waals surface area contributed by atoms with E-state index in [9.17, 15) is 4.79 Å². The number of halogens is 1. The highest BCUT2D eigenvalue weighted by atomic mass is 35.5. The molecule has 2 heterocycles. The Morgan fingerprint density at radius 2 is 2.03 bits per heavy atom. The number of thioether (sulfide) groups is 1. The van der Waals surface area contributed by atoms with Crippen LogP contribution in [-0.2, 0) is 4.79 Å². The van der Waals surface area contributed by atoms with Gasteiger partial charge >= 0.3 is 0 Å². The molecule has 1 amide bonds. The van der Waals surface area contributed by atoms with Crippen LogP contribution in [0.1, 0.15) is 0 Å². The minimum Gasteiger partial charge on any atom is -0.497 e. The van der Waals surface area contributed by atoms with Crippen LogP contribution in [0.5, 0.6) is 11.5 Å². The molecule has 1 N–H and O–H groups in total. The molecule has 0 spiro atoms. The minimum atomic E-state index is -0.203. The monoisotopic (exact) mass is 455 g/mol. The van der Waals surface area contributed by atoms with E-state index in [-0.39, 0.29) is 11.7 Å². The third-order valence-electron chi connectivity index (χ3n) is 4.40. The van der Waals surface area contributed by atoms with Gasteiger partial charge in [-0.15, -0.1) is 0 Å². The number of nitrogens with one attached hydrogen (secondary N) is 1. The van der Waals surface area contributed by atoms with Crippen LogP contribution in [0.4, 0.5) is 5.69 Å². The Morgan fingerprint density at radius 3 is 2.81 bits per heavy atom. The Balaban J connectivity index is 1.52. The summed E-state index contributed by atoms with van der Waals surface area (Å²) in [4.78, 5) is 21.2. The summed E-state index contributed by atoms with van der Waals surface area (Å²) in [5, 5.41) is 9.28. The normalized spacial score (nSPS) is 10.8. The van der Waals surface area contributed by atoms with Gasteiger partial charge in [-0.25, -0.2) is 14.6 Å². The average Bonchev–Trinajstić information content (AvgIpc) is 3.22. The molecule has 0 saturated heterocycles. The molecule has 0 aliphatic heterocycles. The Labute approximate surface area is 187 Å². The number of nitrogens with zero attached hydrogens (tertiary/aromatic N) is 4. The molecule has 0 fully saturated rings. The molecule has 4 aromatic rings. The minimum absolute atomic E-state index is 0.148. The Bertz CT molecular complexity index is 1250. The van der Waals surface area contributed by atoms with E-state index in [2.05, 4.69) is 20.4 Å². The van der Waals surface area contributed by atoms with E-state index in [4.69, 9.17) is 21.1 Å². The second-order valence-corrected chi connectivity index (χ2v) is 7.76. The number of aromatic nitrogens is 4. The van der Waals surface area contributed by atoms with Crippen LogP contribution in [0.25, 0.3) is 16.7 Å². The number of hydrogen-bond acceptors (Lipinski definition) is 7. The molecule has 0 aliphatic rings. The van der Waals surface area contributed by atoms with Gasteiger partial charge in [0, 0.05) is 11.1 Å². The maximum Gasteiger partial charge on any atom is 0.234 e. The van der Waals surface area contributed by atoms with Gasteiger partial charge in [-0.05, 0) is 30.3 Å². The molecule has 0 saturated carbocycles. The highest BCUT2D eigenvalue weighted by Gasteiger charge is 2.14. The standard InChI is InChI=1S/C21H18ClN5O3S/c1-29-15-6-7-18(30-2)17(9-15)26-19(28)11-31-21-16-10-25-27(20(16)23-12-24-21)14-5-3-4-13(22)8-14/h3-10,12H,11H2,1-2H3,(H,26,28). The van der Waals surface area contributed by atoms with Gasteiger partial charge in [0.25, 0.3) is 0 Å². The quantitative estimate of drug-likeness (QED) is 0.329. The van der Waals surface area contributed by atoms with Gasteiger partial charge in [0.15, 0.2) is 5.65 Å². The predicted molar refractivity (Wildman–Crippen MR) is 121 cm³/mol. The van der Waals surface area contributed by atoms with Gasteiger partial charge in [0.2, 0.25) is 5.91 Å². The molecule has 4 rings (SSSR count). The van der Waals surface area contributed by atoms with Crippen LogP contribution in [-0.4, -0.2) is 45.6 Å². The summed E-state index contributed by atoms with van der Waals surface area (Å²) in [5.41, 5.74) is 1.96. The highest BCUT2D eigenvalue weighted by Crippen LogP contribution is 2.30. The van der Waals surface area contributed by atoms with Crippen LogP contribution in [0, 0.1) is 0 Å². The largest absolute Gasteiger partial charge is 0.497 e. The van der Waals surface area contributed by atoms with Crippen molar-refractivity contribution in [2.45, 2.75) is 5.03 Å². The van der Waals surface area contributed by atoms with Crippen molar-refractivity contribution in [3.8, 4) is 17.2 Å². The summed E-state index contributed by atoms with van der Waals surface area (Å²) in [6, 6.07) is 12.5. The lowest BCUT2D eigenvalue weighted by Crippen LogP contribution is -2.15. The third kappa shape index (κ3) is 4.57. The number of rotatable bonds is 7. The molecule has 0 atom stereocenters. The van der Waals surface area contributed by atoms with E-state index in [1.165, 1.54) is 18.1 Å². The van der Waals surface area contributed by atoms with E-state index in [0.717, 1.165) is 11.1 Å². The highest BCUT2D eigenvalue weighted by molar-refractivity contribution is 8.00. The first-order valence-electron chi connectivity index (χ1n) is 9.18.